The lowest BCUT2D eigenvalue weighted by molar-refractivity contribution is -0.110. The van der Waals surface area contributed by atoms with Gasteiger partial charge in [0.25, 0.3) is 5.91 Å². The second-order valence-electron chi connectivity index (χ2n) is 5.16. The summed E-state index contributed by atoms with van der Waals surface area (Å²) in [5, 5.41) is 12.9. The van der Waals surface area contributed by atoms with Crippen LogP contribution in [0.3, 0.4) is 0 Å². The third-order valence-electron chi connectivity index (χ3n) is 3.65. The zero-order chi connectivity index (χ0) is 14.0. The number of nitrogens with one attached hydrogen (secondary N) is 1. The molecule has 1 heterocycles. The molecule has 0 saturated heterocycles. The topological polar surface area (TPSA) is 49.3 Å². The molecule has 1 amide bonds. The standard InChI is InChI=1S/C16H21NO2/c1-4-5-6-7-8-12-14-11(3)15(18)10(2)9-13(14)17-16(12)19/h8-9,18H,4-7H2,1-3H3,(H,17,19)/b12-8-. The maximum atomic E-state index is 12.0. The highest BCUT2D eigenvalue weighted by atomic mass is 16.3. The summed E-state index contributed by atoms with van der Waals surface area (Å²) in [5.74, 6) is 0.231. The van der Waals surface area contributed by atoms with Crippen LogP contribution in [-0.2, 0) is 4.79 Å². The number of unbranched alkanes of at least 4 members (excludes halogenated alkanes) is 3. The van der Waals surface area contributed by atoms with Crippen molar-refractivity contribution in [1.82, 2.24) is 0 Å². The molecule has 102 valence electrons. The molecule has 0 fully saturated rings. The largest absolute Gasteiger partial charge is 0.507 e. The van der Waals surface area contributed by atoms with Gasteiger partial charge in [0.15, 0.2) is 0 Å². The molecule has 1 aromatic carbocycles. The number of benzene rings is 1. The zero-order valence-corrected chi connectivity index (χ0v) is 11.8. The summed E-state index contributed by atoms with van der Waals surface area (Å²) < 4.78 is 0. The fraction of sp³-hybridized carbons (Fsp3) is 0.438. The lowest BCUT2D eigenvalue weighted by Gasteiger charge is -2.09. The van der Waals surface area contributed by atoms with Crippen LogP contribution in [0.2, 0.25) is 0 Å². The number of carbonyl (C=O) groups excluding carboxylic acids is 1. The first kappa shape index (κ1) is 13.7. The van der Waals surface area contributed by atoms with Gasteiger partial charge in [-0.25, -0.2) is 0 Å². The van der Waals surface area contributed by atoms with Gasteiger partial charge in [0.05, 0.1) is 0 Å². The third kappa shape index (κ3) is 2.50. The van der Waals surface area contributed by atoms with Gasteiger partial charge in [-0.1, -0.05) is 25.8 Å². The van der Waals surface area contributed by atoms with Crippen molar-refractivity contribution in [3.05, 3.63) is 28.8 Å². The average Bonchev–Trinajstić information content (AvgIpc) is 2.68. The molecule has 19 heavy (non-hydrogen) atoms. The Labute approximate surface area is 114 Å². The van der Waals surface area contributed by atoms with Crippen LogP contribution in [0.4, 0.5) is 5.69 Å². The summed E-state index contributed by atoms with van der Waals surface area (Å²) >= 11 is 0. The van der Waals surface area contributed by atoms with Crippen LogP contribution in [0.5, 0.6) is 5.75 Å². The van der Waals surface area contributed by atoms with Gasteiger partial charge in [0.2, 0.25) is 0 Å². The van der Waals surface area contributed by atoms with E-state index in [4.69, 9.17) is 0 Å². The maximum absolute atomic E-state index is 12.0. The highest BCUT2D eigenvalue weighted by Crippen LogP contribution is 2.40. The maximum Gasteiger partial charge on any atom is 0.256 e. The Morgan fingerprint density at radius 2 is 2.05 bits per heavy atom. The van der Waals surface area contributed by atoms with Crippen LogP contribution in [0.1, 0.15) is 49.3 Å². The average molecular weight is 259 g/mol. The van der Waals surface area contributed by atoms with E-state index in [0.717, 1.165) is 35.2 Å². The SMILES string of the molecule is CCCCC/C=C1\C(=O)Nc2cc(C)c(O)c(C)c21. The quantitative estimate of drug-likeness (QED) is 0.489. The van der Waals surface area contributed by atoms with E-state index in [-0.39, 0.29) is 11.7 Å². The molecule has 2 N–H and O–H groups in total. The van der Waals surface area contributed by atoms with E-state index in [1.54, 1.807) is 0 Å². The first-order valence-electron chi connectivity index (χ1n) is 6.91. The predicted molar refractivity (Wildman–Crippen MR) is 78.3 cm³/mol. The molecule has 0 bridgehead atoms. The van der Waals surface area contributed by atoms with Crippen molar-refractivity contribution < 1.29 is 9.90 Å². The summed E-state index contributed by atoms with van der Waals surface area (Å²) in [6.45, 7) is 5.87. The number of aryl methyl sites for hydroxylation is 1. The summed E-state index contributed by atoms with van der Waals surface area (Å²) in [6, 6.07) is 1.84. The van der Waals surface area contributed by atoms with Crippen molar-refractivity contribution in [1.29, 1.82) is 0 Å². The van der Waals surface area contributed by atoms with Crippen molar-refractivity contribution in [3.63, 3.8) is 0 Å². The number of carbonyl (C=O) groups is 1. The van der Waals surface area contributed by atoms with Crippen molar-refractivity contribution >= 4 is 17.2 Å². The molecule has 3 nitrogen and oxygen atoms in total. The Hall–Kier alpha value is -1.77. The number of rotatable bonds is 4. The van der Waals surface area contributed by atoms with Crippen molar-refractivity contribution in [2.24, 2.45) is 0 Å². The number of aromatic hydroxyl groups is 1. The third-order valence-corrected chi connectivity index (χ3v) is 3.65. The van der Waals surface area contributed by atoms with Crippen molar-refractivity contribution in [3.8, 4) is 5.75 Å². The molecule has 0 aromatic heterocycles. The molecule has 1 aliphatic rings. The Morgan fingerprint density at radius 3 is 2.74 bits per heavy atom. The summed E-state index contributed by atoms with van der Waals surface area (Å²) in [6.07, 6.45) is 6.35. The van der Waals surface area contributed by atoms with E-state index in [2.05, 4.69) is 12.2 Å². The second-order valence-corrected chi connectivity index (χ2v) is 5.16. The molecule has 0 saturated carbocycles. The van der Waals surface area contributed by atoms with Gasteiger partial charge in [-0.3, -0.25) is 4.79 Å². The van der Waals surface area contributed by atoms with E-state index in [1.165, 1.54) is 12.8 Å². The lowest BCUT2D eigenvalue weighted by Crippen LogP contribution is -2.03. The highest BCUT2D eigenvalue weighted by molar-refractivity contribution is 6.32. The van der Waals surface area contributed by atoms with Crippen molar-refractivity contribution in [2.75, 3.05) is 5.32 Å². The van der Waals surface area contributed by atoms with Crippen LogP contribution in [0, 0.1) is 13.8 Å². The van der Waals surface area contributed by atoms with Crippen LogP contribution in [0.25, 0.3) is 5.57 Å². The molecule has 0 aliphatic carbocycles. The van der Waals surface area contributed by atoms with E-state index < -0.39 is 0 Å². The molecule has 0 radical (unpaired) electrons. The first-order valence-corrected chi connectivity index (χ1v) is 6.91. The van der Waals surface area contributed by atoms with Crippen LogP contribution >= 0.6 is 0 Å². The van der Waals surface area contributed by atoms with Gasteiger partial charge in [0.1, 0.15) is 5.75 Å². The van der Waals surface area contributed by atoms with Crippen molar-refractivity contribution in [2.45, 2.75) is 46.5 Å². The first-order chi connectivity index (χ1) is 9.06. The van der Waals surface area contributed by atoms with Gasteiger partial charge in [0, 0.05) is 22.4 Å². The zero-order valence-electron chi connectivity index (χ0n) is 11.8. The highest BCUT2D eigenvalue weighted by Gasteiger charge is 2.27. The normalized spacial score (nSPS) is 15.7. The molecule has 1 aliphatic heterocycles. The van der Waals surface area contributed by atoms with E-state index in [9.17, 15) is 9.90 Å². The molecule has 0 atom stereocenters. The fourth-order valence-corrected chi connectivity index (χ4v) is 2.56. The monoisotopic (exact) mass is 259 g/mol. The number of amides is 1. The number of anilines is 1. The minimum absolute atomic E-state index is 0.0559. The Bertz CT molecular complexity index is 544. The van der Waals surface area contributed by atoms with Gasteiger partial charge in [-0.05, 0) is 38.3 Å². The summed E-state index contributed by atoms with van der Waals surface area (Å²) in [7, 11) is 0. The Kier molecular flexibility index (Phi) is 3.93. The van der Waals surface area contributed by atoms with Crippen LogP contribution in [0.15, 0.2) is 12.1 Å². The number of hydrogen-bond donors (Lipinski definition) is 2. The van der Waals surface area contributed by atoms with E-state index in [0.29, 0.717) is 5.57 Å². The smallest absolute Gasteiger partial charge is 0.256 e. The fourth-order valence-electron chi connectivity index (χ4n) is 2.56. The molecule has 0 spiro atoms. The van der Waals surface area contributed by atoms with Crippen LogP contribution < -0.4 is 5.32 Å². The van der Waals surface area contributed by atoms with Gasteiger partial charge in [-0.15, -0.1) is 0 Å². The van der Waals surface area contributed by atoms with E-state index in [1.807, 2.05) is 26.0 Å². The van der Waals surface area contributed by atoms with Gasteiger partial charge >= 0.3 is 0 Å². The molecular weight excluding hydrogens is 238 g/mol. The van der Waals surface area contributed by atoms with Gasteiger partial charge in [-0.2, -0.15) is 0 Å². The molecular formula is C16H21NO2. The minimum Gasteiger partial charge on any atom is -0.507 e. The van der Waals surface area contributed by atoms with Gasteiger partial charge < -0.3 is 10.4 Å². The number of phenols is 1. The summed E-state index contributed by atoms with van der Waals surface area (Å²) in [5.41, 5.74) is 3.97. The molecule has 1 aromatic rings. The molecule has 3 heteroatoms. The second kappa shape index (κ2) is 5.47. The summed E-state index contributed by atoms with van der Waals surface area (Å²) in [4.78, 5) is 12.0. The van der Waals surface area contributed by atoms with E-state index >= 15 is 0 Å². The molecule has 0 unspecified atom stereocenters. The number of phenolic OH excluding ortho intramolecular Hbond substituents is 1. The molecule has 2 rings (SSSR count). The number of hydrogen-bond acceptors (Lipinski definition) is 2. The Balaban J connectivity index is 2.35. The number of allylic oxidation sites excluding steroid dienone is 1. The Morgan fingerprint density at radius 1 is 1.32 bits per heavy atom. The number of fused-ring (bicyclic) bond motifs is 1. The predicted octanol–water partition coefficient (Wildman–Crippen LogP) is 3.92. The van der Waals surface area contributed by atoms with Crippen LogP contribution in [-0.4, -0.2) is 11.0 Å². The minimum atomic E-state index is -0.0559. The lowest BCUT2D eigenvalue weighted by atomic mass is 9.97.